The van der Waals surface area contributed by atoms with Crippen LogP contribution in [-0.4, -0.2) is 36.7 Å². The number of ether oxygens (including phenoxy) is 1. The molecule has 2 rings (SSSR count). The number of anilines is 2. The van der Waals surface area contributed by atoms with Crippen LogP contribution >= 0.6 is 0 Å². The zero-order chi connectivity index (χ0) is 12.3. The van der Waals surface area contributed by atoms with E-state index in [0.717, 1.165) is 24.0 Å². The summed E-state index contributed by atoms with van der Waals surface area (Å²) in [6.07, 6.45) is 2.54. The molecule has 0 radical (unpaired) electrons. The van der Waals surface area contributed by atoms with Crippen LogP contribution < -0.4 is 10.2 Å². The molecule has 1 aliphatic rings. The predicted octanol–water partition coefficient (Wildman–Crippen LogP) is 1.65. The van der Waals surface area contributed by atoms with E-state index in [4.69, 9.17) is 4.74 Å². The largest absolute Gasteiger partial charge is 0.377 e. The van der Waals surface area contributed by atoms with Crippen molar-refractivity contribution in [3.8, 4) is 0 Å². The smallest absolute Gasteiger partial charge is 0.158 e. The van der Waals surface area contributed by atoms with E-state index in [0.29, 0.717) is 12.6 Å². The van der Waals surface area contributed by atoms with E-state index >= 15 is 0 Å². The van der Waals surface area contributed by atoms with Gasteiger partial charge in [-0.05, 0) is 19.8 Å². The molecule has 0 spiro atoms. The number of rotatable bonds is 6. The van der Waals surface area contributed by atoms with Gasteiger partial charge in [0.05, 0.1) is 0 Å². The summed E-state index contributed by atoms with van der Waals surface area (Å²) in [6, 6.07) is 2.66. The Labute approximate surface area is 102 Å². The van der Waals surface area contributed by atoms with Gasteiger partial charge in [-0.2, -0.15) is 0 Å². The third-order valence-electron chi connectivity index (χ3n) is 2.91. The van der Waals surface area contributed by atoms with Crippen molar-refractivity contribution in [3.63, 3.8) is 0 Å². The Morgan fingerprint density at radius 3 is 2.76 bits per heavy atom. The second kappa shape index (κ2) is 5.31. The van der Waals surface area contributed by atoms with Crippen molar-refractivity contribution in [2.75, 3.05) is 30.9 Å². The van der Waals surface area contributed by atoms with Crippen molar-refractivity contribution in [2.24, 2.45) is 0 Å². The maximum absolute atomic E-state index is 5.10. The predicted molar refractivity (Wildman–Crippen MR) is 68.3 cm³/mol. The number of methoxy groups -OCH3 is 1. The van der Waals surface area contributed by atoms with Crippen LogP contribution in [0.4, 0.5) is 11.6 Å². The average molecular weight is 236 g/mol. The fraction of sp³-hybridized carbons (Fsp3) is 0.667. The molecular formula is C12H20N4O. The molecule has 1 aromatic heterocycles. The van der Waals surface area contributed by atoms with Crippen LogP contribution in [0.1, 0.15) is 25.6 Å². The summed E-state index contributed by atoms with van der Waals surface area (Å²) < 4.78 is 5.10. The fourth-order valence-corrected chi connectivity index (χ4v) is 1.95. The van der Waals surface area contributed by atoms with E-state index in [1.54, 1.807) is 7.11 Å². The Bertz CT molecular complexity index is 379. The summed E-state index contributed by atoms with van der Waals surface area (Å²) in [6.45, 7) is 3.59. The molecule has 1 saturated carbocycles. The van der Waals surface area contributed by atoms with Crippen LogP contribution in [-0.2, 0) is 11.3 Å². The first-order valence-electron chi connectivity index (χ1n) is 6.09. The van der Waals surface area contributed by atoms with Gasteiger partial charge in [0.25, 0.3) is 0 Å². The number of hydrogen-bond acceptors (Lipinski definition) is 5. The highest BCUT2D eigenvalue weighted by atomic mass is 16.5. The Morgan fingerprint density at radius 1 is 1.47 bits per heavy atom. The minimum atomic E-state index is 0.449. The summed E-state index contributed by atoms with van der Waals surface area (Å²) in [4.78, 5) is 11.3. The summed E-state index contributed by atoms with van der Waals surface area (Å²) in [5.74, 6) is 2.58. The Morgan fingerprint density at radius 2 is 2.24 bits per heavy atom. The first-order chi connectivity index (χ1) is 8.28. The fourth-order valence-electron chi connectivity index (χ4n) is 1.95. The number of nitrogens with one attached hydrogen (secondary N) is 1. The van der Waals surface area contributed by atoms with Gasteiger partial charge in [-0.1, -0.05) is 0 Å². The Hall–Kier alpha value is -1.36. The molecule has 1 aliphatic carbocycles. The quantitative estimate of drug-likeness (QED) is 0.814. The molecule has 1 aromatic rings. The van der Waals surface area contributed by atoms with E-state index < -0.39 is 0 Å². The van der Waals surface area contributed by atoms with Crippen LogP contribution in [0.3, 0.4) is 0 Å². The third-order valence-corrected chi connectivity index (χ3v) is 2.91. The molecule has 0 aromatic carbocycles. The summed E-state index contributed by atoms with van der Waals surface area (Å²) in [5.41, 5.74) is 0. The highest BCUT2D eigenvalue weighted by Crippen LogP contribution is 2.31. The highest BCUT2D eigenvalue weighted by molar-refractivity contribution is 5.50. The van der Waals surface area contributed by atoms with E-state index in [1.165, 1.54) is 12.8 Å². The lowest BCUT2D eigenvalue weighted by molar-refractivity contribution is 0.178. The summed E-state index contributed by atoms with van der Waals surface area (Å²) in [5, 5.41) is 3.07. The first kappa shape index (κ1) is 12.1. The Kier molecular flexibility index (Phi) is 3.78. The van der Waals surface area contributed by atoms with Gasteiger partial charge in [0.15, 0.2) is 5.82 Å². The van der Waals surface area contributed by atoms with Gasteiger partial charge in [0.1, 0.15) is 18.2 Å². The number of aromatic nitrogens is 2. The van der Waals surface area contributed by atoms with Crippen molar-refractivity contribution >= 4 is 11.6 Å². The number of hydrogen-bond donors (Lipinski definition) is 1. The molecule has 0 saturated heterocycles. The van der Waals surface area contributed by atoms with Crippen LogP contribution in [0.15, 0.2) is 6.07 Å². The number of nitrogens with zero attached hydrogens (tertiary/aromatic N) is 3. The van der Waals surface area contributed by atoms with E-state index in [9.17, 15) is 0 Å². The van der Waals surface area contributed by atoms with Crippen molar-refractivity contribution in [1.82, 2.24) is 9.97 Å². The van der Waals surface area contributed by atoms with Crippen LogP contribution in [0.5, 0.6) is 0 Å². The van der Waals surface area contributed by atoms with Crippen LogP contribution in [0.25, 0.3) is 0 Å². The van der Waals surface area contributed by atoms with E-state index in [1.807, 2.05) is 13.1 Å². The minimum absolute atomic E-state index is 0.449. The standard InChI is InChI=1S/C12H20N4O/c1-4-16(9-5-6-9)12-7-10(13-2)14-11(15-12)8-17-3/h7,9H,4-6,8H2,1-3H3,(H,13,14,15). The molecule has 1 N–H and O–H groups in total. The van der Waals surface area contributed by atoms with E-state index in [-0.39, 0.29) is 0 Å². The molecule has 1 heterocycles. The topological polar surface area (TPSA) is 50.3 Å². The van der Waals surface area contributed by atoms with Gasteiger partial charge in [0, 0.05) is 32.8 Å². The van der Waals surface area contributed by atoms with Gasteiger partial charge in [-0.15, -0.1) is 0 Å². The molecule has 1 fully saturated rings. The normalized spacial score (nSPS) is 14.8. The molecule has 94 valence electrons. The van der Waals surface area contributed by atoms with Gasteiger partial charge in [-0.25, -0.2) is 9.97 Å². The molecule has 0 atom stereocenters. The lowest BCUT2D eigenvalue weighted by atomic mass is 10.4. The monoisotopic (exact) mass is 236 g/mol. The molecule has 5 heteroatoms. The summed E-state index contributed by atoms with van der Waals surface area (Å²) in [7, 11) is 3.53. The van der Waals surface area contributed by atoms with Gasteiger partial charge >= 0.3 is 0 Å². The second-order valence-corrected chi connectivity index (χ2v) is 4.23. The van der Waals surface area contributed by atoms with Crippen LogP contribution in [0, 0.1) is 0 Å². The first-order valence-corrected chi connectivity index (χ1v) is 6.09. The molecule has 17 heavy (non-hydrogen) atoms. The zero-order valence-electron chi connectivity index (χ0n) is 10.7. The molecular weight excluding hydrogens is 216 g/mol. The van der Waals surface area contributed by atoms with E-state index in [2.05, 4.69) is 27.1 Å². The van der Waals surface area contributed by atoms with Crippen molar-refractivity contribution in [3.05, 3.63) is 11.9 Å². The maximum atomic E-state index is 5.10. The molecule has 5 nitrogen and oxygen atoms in total. The van der Waals surface area contributed by atoms with Gasteiger partial charge in [-0.3, -0.25) is 0 Å². The zero-order valence-corrected chi connectivity index (χ0v) is 10.7. The molecule has 0 aliphatic heterocycles. The lowest BCUT2D eigenvalue weighted by Gasteiger charge is -2.22. The second-order valence-electron chi connectivity index (χ2n) is 4.23. The Balaban J connectivity index is 2.27. The molecule has 0 unspecified atom stereocenters. The van der Waals surface area contributed by atoms with Crippen molar-refractivity contribution < 1.29 is 4.74 Å². The average Bonchev–Trinajstić information content (AvgIpc) is 3.15. The van der Waals surface area contributed by atoms with Crippen molar-refractivity contribution in [2.45, 2.75) is 32.4 Å². The van der Waals surface area contributed by atoms with Crippen molar-refractivity contribution in [1.29, 1.82) is 0 Å². The van der Waals surface area contributed by atoms with Gasteiger partial charge < -0.3 is 15.0 Å². The lowest BCUT2D eigenvalue weighted by Crippen LogP contribution is -2.26. The van der Waals surface area contributed by atoms with Gasteiger partial charge in [0.2, 0.25) is 0 Å². The van der Waals surface area contributed by atoms with Crippen LogP contribution in [0.2, 0.25) is 0 Å². The SMILES string of the molecule is CCN(c1cc(NC)nc(COC)n1)C1CC1. The summed E-state index contributed by atoms with van der Waals surface area (Å²) >= 11 is 0. The molecule has 0 amide bonds. The molecule has 0 bridgehead atoms. The minimum Gasteiger partial charge on any atom is -0.377 e. The highest BCUT2D eigenvalue weighted by Gasteiger charge is 2.29. The third kappa shape index (κ3) is 2.85. The maximum Gasteiger partial charge on any atom is 0.158 e.